The molecule has 0 aliphatic rings. The lowest BCUT2D eigenvalue weighted by Crippen LogP contribution is -2.27. The van der Waals surface area contributed by atoms with Crippen molar-refractivity contribution < 1.29 is 32.0 Å². The number of anilines is 1. The Morgan fingerprint density at radius 1 is 1.10 bits per heavy atom. The number of rotatable bonds is 8. The summed E-state index contributed by atoms with van der Waals surface area (Å²) < 4.78 is 54.9. The number of benzene rings is 2. The van der Waals surface area contributed by atoms with Gasteiger partial charge in [0.2, 0.25) is 5.82 Å². The summed E-state index contributed by atoms with van der Waals surface area (Å²) in [4.78, 5) is 32.0. The van der Waals surface area contributed by atoms with E-state index in [2.05, 4.69) is 15.3 Å². The smallest absolute Gasteiger partial charge is 0.355 e. The number of carbonyl (C=O) groups is 1. The van der Waals surface area contributed by atoms with Gasteiger partial charge in [-0.25, -0.2) is 23.5 Å². The maximum atomic E-state index is 15.0. The normalized spacial score (nSPS) is 11.8. The first-order chi connectivity index (χ1) is 18.9. The Bertz CT molecular complexity index is 1580. The average Bonchev–Trinajstić information content (AvgIpc) is 3.39. The molecule has 1 N–H and O–H groups in total. The highest BCUT2D eigenvalue weighted by Crippen LogP contribution is 2.30. The first kappa shape index (κ1) is 28.0. The van der Waals surface area contributed by atoms with Crippen LogP contribution in [0.5, 0.6) is 0 Å². The molecule has 0 amide bonds. The Balaban J connectivity index is 1.84. The summed E-state index contributed by atoms with van der Waals surface area (Å²) in [6, 6.07) is 10.0. The number of hydrogen-bond acceptors (Lipinski definition) is 8. The molecule has 2 aromatic carbocycles. The molecule has 0 bridgehead atoms. The number of furan rings is 1. The summed E-state index contributed by atoms with van der Waals surface area (Å²) in [7, 11) is 0. The molecule has 40 heavy (non-hydrogen) atoms. The second-order valence-electron chi connectivity index (χ2n) is 9.52. The molecule has 0 saturated heterocycles. The lowest BCUT2D eigenvalue weighted by Gasteiger charge is -2.21. The van der Waals surface area contributed by atoms with Crippen molar-refractivity contribution in [3.05, 3.63) is 111 Å². The van der Waals surface area contributed by atoms with E-state index in [0.717, 1.165) is 24.4 Å². The number of aromatic nitrogens is 2. The number of nitrogens with one attached hydrogen (secondary N) is 1. The molecule has 0 atom stereocenters. The maximum absolute atomic E-state index is 15.0. The van der Waals surface area contributed by atoms with E-state index in [1.54, 1.807) is 32.9 Å². The topological polar surface area (TPSA) is 120 Å². The van der Waals surface area contributed by atoms with Gasteiger partial charge in [0.05, 0.1) is 28.8 Å². The molecule has 0 radical (unpaired) electrons. The Labute approximate surface area is 226 Å². The first-order valence-electron chi connectivity index (χ1n) is 11.9. The van der Waals surface area contributed by atoms with Gasteiger partial charge >= 0.3 is 11.7 Å². The van der Waals surface area contributed by atoms with Crippen molar-refractivity contribution in [1.82, 2.24) is 9.97 Å². The van der Waals surface area contributed by atoms with E-state index in [1.807, 2.05) is 0 Å². The second kappa shape index (κ2) is 11.4. The molecule has 0 aliphatic carbocycles. The van der Waals surface area contributed by atoms with Crippen molar-refractivity contribution in [2.24, 2.45) is 0 Å². The summed E-state index contributed by atoms with van der Waals surface area (Å²) in [6.07, 6.45) is 3.40. The highest BCUT2D eigenvalue weighted by Gasteiger charge is 2.25. The van der Waals surface area contributed by atoms with E-state index in [-0.39, 0.29) is 34.0 Å². The number of hydrogen-bond donors (Lipinski definition) is 1. The van der Waals surface area contributed by atoms with Crippen LogP contribution in [0, 0.1) is 27.6 Å². The monoisotopic (exact) mass is 552 g/mol. The molecule has 0 aliphatic heterocycles. The molecule has 0 saturated carbocycles. The number of carbonyl (C=O) groups excluding carboxylic acids is 1. The van der Waals surface area contributed by atoms with E-state index in [4.69, 9.17) is 9.15 Å². The molecule has 2 aromatic heterocycles. The minimum absolute atomic E-state index is 0.0821. The van der Waals surface area contributed by atoms with Crippen molar-refractivity contribution in [1.29, 1.82) is 0 Å². The van der Waals surface area contributed by atoms with Gasteiger partial charge in [-0.05, 0) is 51.1 Å². The SMILES string of the molecule is CC(C)(C)OC(=O)/C(=C/c1ccco1)Nc1ncc(-c2cccc([N+](=O)[O-])c2F)nc1Cc1c(F)cccc1F. The van der Waals surface area contributed by atoms with Crippen LogP contribution in [-0.2, 0) is 16.0 Å². The van der Waals surface area contributed by atoms with Gasteiger partial charge in [0.1, 0.15) is 28.7 Å². The van der Waals surface area contributed by atoms with Gasteiger partial charge in [-0.1, -0.05) is 12.1 Å². The predicted molar refractivity (Wildman–Crippen MR) is 139 cm³/mol. The molecule has 2 heterocycles. The Morgan fingerprint density at radius 2 is 1.80 bits per heavy atom. The summed E-state index contributed by atoms with van der Waals surface area (Å²) in [5.74, 6) is -3.48. The van der Waals surface area contributed by atoms with Crippen LogP contribution in [-0.4, -0.2) is 26.5 Å². The second-order valence-corrected chi connectivity index (χ2v) is 9.52. The van der Waals surface area contributed by atoms with Crippen molar-refractivity contribution in [3.8, 4) is 11.3 Å². The Hall–Kier alpha value is -5.00. The largest absolute Gasteiger partial charge is 0.465 e. The fraction of sp³-hybridized carbons (Fsp3) is 0.179. The van der Waals surface area contributed by atoms with Gasteiger partial charge in [-0.2, -0.15) is 4.39 Å². The van der Waals surface area contributed by atoms with Crippen LogP contribution in [0.15, 0.2) is 71.1 Å². The third-order valence-corrected chi connectivity index (χ3v) is 5.40. The van der Waals surface area contributed by atoms with Crippen molar-refractivity contribution in [3.63, 3.8) is 0 Å². The zero-order chi connectivity index (χ0) is 29.0. The van der Waals surface area contributed by atoms with Crippen LogP contribution in [0.1, 0.15) is 37.8 Å². The summed E-state index contributed by atoms with van der Waals surface area (Å²) in [5.41, 5.74) is -2.60. The molecule has 0 unspecified atom stereocenters. The Morgan fingerprint density at radius 3 is 2.42 bits per heavy atom. The van der Waals surface area contributed by atoms with Crippen molar-refractivity contribution >= 4 is 23.6 Å². The molecule has 4 aromatic rings. The standard InChI is InChI=1S/C28H23F3N4O5/c1-28(2,3)40-27(36)22(13-16-7-6-12-39-16)34-26-21(14-18-19(29)9-5-10-20(18)30)33-23(15-32-26)17-8-4-11-24(25(17)31)35(37)38/h4-13,15H,14H2,1-3H3,(H,32,34)/b22-13-. The minimum Gasteiger partial charge on any atom is -0.465 e. The molecule has 4 rings (SSSR count). The molecule has 0 fully saturated rings. The van der Waals surface area contributed by atoms with Crippen molar-refractivity contribution in [2.45, 2.75) is 32.8 Å². The van der Waals surface area contributed by atoms with E-state index < -0.39 is 46.1 Å². The van der Waals surface area contributed by atoms with Gasteiger partial charge in [0.25, 0.3) is 0 Å². The molecular weight excluding hydrogens is 529 g/mol. The lowest BCUT2D eigenvalue weighted by atomic mass is 10.1. The zero-order valence-electron chi connectivity index (χ0n) is 21.6. The number of nitrogens with zero attached hydrogens (tertiary/aromatic N) is 3. The average molecular weight is 553 g/mol. The number of esters is 1. The molecule has 12 heteroatoms. The molecule has 0 spiro atoms. The molecule has 9 nitrogen and oxygen atoms in total. The molecular formula is C28H23F3N4O5. The first-order valence-corrected chi connectivity index (χ1v) is 11.9. The van der Waals surface area contributed by atoms with E-state index >= 15 is 0 Å². The maximum Gasteiger partial charge on any atom is 0.355 e. The van der Waals surface area contributed by atoms with Gasteiger partial charge in [-0.15, -0.1) is 0 Å². The number of nitro benzene ring substituents is 1. The van der Waals surface area contributed by atoms with Crippen molar-refractivity contribution in [2.75, 3.05) is 5.32 Å². The minimum atomic E-state index is -1.15. The van der Waals surface area contributed by atoms with Gasteiger partial charge in [-0.3, -0.25) is 10.1 Å². The van der Waals surface area contributed by atoms with E-state index in [0.29, 0.717) is 5.76 Å². The fourth-order valence-electron chi connectivity index (χ4n) is 3.63. The van der Waals surface area contributed by atoms with Gasteiger partial charge in [0.15, 0.2) is 5.82 Å². The van der Waals surface area contributed by atoms with Gasteiger partial charge < -0.3 is 14.5 Å². The third kappa shape index (κ3) is 6.52. The van der Waals surface area contributed by atoms with Crippen LogP contribution in [0.4, 0.5) is 24.7 Å². The quantitative estimate of drug-likeness (QED) is 0.115. The van der Waals surface area contributed by atoms with Crippen LogP contribution < -0.4 is 5.32 Å². The third-order valence-electron chi connectivity index (χ3n) is 5.40. The van der Waals surface area contributed by atoms with Crippen LogP contribution >= 0.6 is 0 Å². The number of ether oxygens (including phenoxy) is 1. The summed E-state index contributed by atoms with van der Waals surface area (Å²) in [5, 5.41) is 14.0. The number of nitro groups is 1. The van der Waals surface area contributed by atoms with Gasteiger partial charge in [0, 0.05) is 29.7 Å². The lowest BCUT2D eigenvalue weighted by molar-refractivity contribution is -0.387. The van der Waals surface area contributed by atoms with Crippen LogP contribution in [0.3, 0.4) is 0 Å². The zero-order valence-corrected chi connectivity index (χ0v) is 21.6. The number of halogens is 3. The van der Waals surface area contributed by atoms with Crippen LogP contribution in [0.2, 0.25) is 0 Å². The fourth-order valence-corrected chi connectivity index (χ4v) is 3.63. The summed E-state index contributed by atoms with van der Waals surface area (Å²) in [6.45, 7) is 5.01. The Kier molecular flexibility index (Phi) is 7.98. The van der Waals surface area contributed by atoms with Crippen LogP contribution in [0.25, 0.3) is 17.3 Å². The van der Waals surface area contributed by atoms with E-state index in [1.165, 1.54) is 30.5 Å². The predicted octanol–water partition coefficient (Wildman–Crippen LogP) is 6.45. The highest BCUT2D eigenvalue weighted by atomic mass is 19.1. The highest BCUT2D eigenvalue weighted by molar-refractivity contribution is 5.96. The van der Waals surface area contributed by atoms with E-state index in [9.17, 15) is 28.1 Å². The molecule has 206 valence electrons. The summed E-state index contributed by atoms with van der Waals surface area (Å²) >= 11 is 0.